The average Bonchev–Trinajstić information content (AvgIpc) is 3.76. The summed E-state index contributed by atoms with van der Waals surface area (Å²) in [7, 11) is 0. The van der Waals surface area contributed by atoms with Crippen LogP contribution in [-0.2, 0) is 0 Å². The molecule has 0 spiro atoms. The van der Waals surface area contributed by atoms with Gasteiger partial charge < -0.3 is 4.42 Å². The zero-order valence-electron chi connectivity index (χ0n) is 34.1. The van der Waals surface area contributed by atoms with E-state index in [2.05, 4.69) is 206 Å². The van der Waals surface area contributed by atoms with Gasteiger partial charge in [0.1, 0.15) is 11.2 Å². The summed E-state index contributed by atoms with van der Waals surface area (Å²) in [6.45, 7) is 0. The average molecular weight is 804 g/mol. The van der Waals surface area contributed by atoms with E-state index in [0.717, 1.165) is 66.3 Å². The highest BCUT2D eigenvalue weighted by Crippen LogP contribution is 2.43. The van der Waals surface area contributed by atoms with Crippen LogP contribution in [0.3, 0.4) is 0 Å². The molecule has 4 heteroatoms. The Morgan fingerprint density at radius 2 is 0.762 bits per heavy atom. The second-order valence-corrected chi connectivity index (χ2v) is 15.9. The van der Waals surface area contributed by atoms with Gasteiger partial charge in [0.25, 0.3) is 0 Å². The first kappa shape index (κ1) is 36.4. The Morgan fingerprint density at radius 1 is 0.270 bits per heavy atom. The summed E-state index contributed by atoms with van der Waals surface area (Å²) in [5, 5.41) is 6.62. The zero-order valence-corrected chi connectivity index (χ0v) is 34.1. The number of rotatable bonds is 7. The van der Waals surface area contributed by atoms with Crippen molar-refractivity contribution in [2.24, 2.45) is 0 Å². The van der Waals surface area contributed by atoms with Gasteiger partial charge in [-0.25, -0.2) is 15.0 Å². The van der Waals surface area contributed by atoms with Crippen molar-refractivity contribution in [3.05, 3.63) is 224 Å². The summed E-state index contributed by atoms with van der Waals surface area (Å²) >= 11 is 0. The zero-order chi connectivity index (χ0) is 41.7. The Balaban J connectivity index is 1.03. The second kappa shape index (κ2) is 15.2. The highest BCUT2D eigenvalue weighted by Gasteiger charge is 2.21. The van der Waals surface area contributed by atoms with Crippen LogP contribution in [0, 0.1) is 0 Å². The molecule has 12 rings (SSSR count). The minimum atomic E-state index is 0.580. The molecule has 0 fully saturated rings. The van der Waals surface area contributed by atoms with Gasteiger partial charge in [-0.15, -0.1) is 0 Å². The SMILES string of the molecule is c1ccc(-c2ccc(-c3nc(-c4ccc5c(-c6ccccc6)cccc5c4)nc(-c4cccc5oc6c(-c7ccc(-c8ccccc8)c8ccccc78)cccc6c45)n3)cc2)cc1. The van der Waals surface area contributed by atoms with Crippen LogP contribution < -0.4 is 0 Å². The third kappa shape index (κ3) is 6.44. The lowest BCUT2D eigenvalue weighted by Gasteiger charge is -2.12. The van der Waals surface area contributed by atoms with E-state index in [1.807, 2.05) is 18.2 Å². The molecule has 0 bridgehead atoms. The maximum atomic E-state index is 6.87. The Hall–Kier alpha value is -8.47. The Bertz CT molecular complexity index is 3650. The fraction of sp³-hybridized carbons (Fsp3) is 0. The van der Waals surface area contributed by atoms with E-state index < -0.39 is 0 Å². The first-order chi connectivity index (χ1) is 31.2. The minimum Gasteiger partial charge on any atom is -0.455 e. The van der Waals surface area contributed by atoms with E-state index in [1.54, 1.807) is 0 Å². The predicted molar refractivity (Wildman–Crippen MR) is 260 cm³/mol. The van der Waals surface area contributed by atoms with Crippen LogP contribution in [0.25, 0.3) is 122 Å². The fourth-order valence-electron chi connectivity index (χ4n) is 9.14. The molecular formula is C59H37N3O. The summed E-state index contributed by atoms with van der Waals surface area (Å²) < 4.78 is 6.87. The summed E-state index contributed by atoms with van der Waals surface area (Å²) in [4.78, 5) is 15.7. The van der Waals surface area contributed by atoms with Crippen LogP contribution in [0.4, 0.5) is 0 Å². The quantitative estimate of drug-likeness (QED) is 0.161. The minimum absolute atomic E-state index is 0.580. The fourth-order valence-corrected chi connectivity index (χ4v) is 9.14. The van der Waals surface area contributed by atoms with E-state index in [4.69, 9.17) is 19.4 Å². The van der Waals surface area contributed by atoms with Crippen molar-refractivity contribution in [2.75, 3.05) is 0 Å². The largest absolute Gasteiger partial charge is 0.455 e. The number of benzene rings is 10. The number of fused-ring (bicyclic) bond motifs is 5. The van der Waals surface area contributed by atoms with Crippen LogP contribution in [0.1, 0.15) is 0 Å². The highest BCUT2D eigenvalue weighted by molar-refractivity contribution is 6.17. The Labute approximate surface area is 364 Å². The molecule has 0 aliphatic carbocycles. The maximum Gasteiger partial charge on any atom is 0.164 e. The topological polar surface area (TPSA) is 51.8 Å². The van der Waals surface area contributed by atoms with Crippen molar-refractivity contribution < 1.29 is 4.42 Å². The first-order valence-corrected chi connectivity index (χ1v) is 21.3. The number of aromatic nitrogens is 3. The standard InChI is InChI=1S/C59H37N3O/c1-4-15-38(16-5-1)39-29-31-42(32-30-39)57-60-58(44-33-34-47-43(37-44)21-12-24-45(47)40-17-6-2-7-18-40)62-59(61-57)53-27-14-28-54-55(53)52-26-13-25-51(56(52)63-54)50-36-35-46(41-19-8-3-9-20-41)48-22-10-11-23-49(48)50/h1-37H. The molecule has 0 amide bonds. The molecule has 2 aromatic heterocycles. The number of hydrogen-bond donors (Lipinski definition) is 0. The molecule has 2 heterocycles. The molecule has 0 unspecified atom stereocenters. The number of para-hydroxylation sites is 1. The van der Waals surface area contributed by atoms with E-state index in [9.17, 15) is 0 Å². The van der Waals surface area contributed by atoms with Gasteiger partial charge in [0.2, 0.25) is 0 Å². The van der Waals surface area contributed by atoms with Gasteiger partial charge in [-0.1, -0.05) is 212 Å². The molecular weight excluding hydrogens is 767 g/mol. The number of hydrogen-bond acceptors (Lipinski definition) is 4. The predicted octanol–water partition coefficient (Wildman–Crippen LogP) is 15.7. The van der Waals surface area contributed by atoms with E-state index in [1.165, 1.54) is 38.4 Å². The lowest BCUT2D eigenvalue weighted by atomic mass is 9.91. The summed E-state index contributed by atoms with van der Waals surface area (Å²) in [5.41, 5.74) is 13.5. The molecule has 0 saturated heterocycles. The maximum absolute atomic E-state index is 6.87. The van der Waals surface area contributed by atoms with Crippen molar-refractivity contribution in [1.82, 2.24) is 15.0 Å². The van der Waals surface area contributed by atoms with Crippen LogP contribution in [0.15, 0.2) is 229 Å². The molecule has 63 heavy (non-hydrogen) atoms. The van der Waals surface area contributed by atoms with Crippen LogP contribution in [0.5, 0.6) is 0 Å². The third-order valence-corrected chi connectivity index (χ3v) is 12.2. The van der Waals surface area contributed by atoms with Gasteiger partial charge >= 0.3 is 0 Å². The van der Waals surface area contributed by atoms with Crippen LogP contribution in [0.2, 0.25) is 0 Å². The number of nitrogens with zero attached hydrogens (tertiary/aromatic N) is 3. The molecule has 10 aromatic carbocycles. The molecule has 0 N–H and O–H groups in total. The van der Waals surface area contributed by atoms with E-state index in [0.29, 0.717) is 17.5 Å². The van der Waals surface area contributed by atoms with Crippen molar-refractivity contribution >= 4 is 43.5 Å². The Morgan fingerprint density at radius 3 is 1.49 bits per heavy atom. The van der Waals surface area contributed by atoms with Crippen molar-refractivity contribution in [3.63, 3.8) is 0 Å². The van der Waals surface area contributed by atoms with Gasteiger partial charge in [0.05, 0.1) is 0 Å². The van der Waals surface area contributed by atoms with Crippen LogP contribution >= 0.6 is 0 Å². The molecule has 4 nitrogen and oxygen atoms in total. The Kier molecular flexibility index (Phi) is 8.79. The molecule has 0 atom stereocenters. The highest BCUT2D eigenvalue weighted by atomic mass is 16.3. The molecule has 0 radical (unpaired) electrons. The van der Waals surface area contributed by atoms with Gasteiger partial charge in [-0.3, -0.25) is 0 Å². The normalized spacial score (nSPS) is 11.5. The molecule has 294 valence electrons. The summed E-state index contributed by atoms with van der Waals surface area (Å²) in [5.74, 6) is 1.78. The lowest BCUT2D eigenvalue weighted by Crippen LogP contribution is -2.00. The smallest absolute Gasteiger partial charge is 0.164 e. The van der Waals surface area contributed by atoms with Gasteiger partial charge in [0.15, 0.2) is 17.5 Å². The van der Waals surface area contributed by atoms with Crippen molar-refractivity contribution in [3.8, 4) is 78.7 Å². The van der Waals surface area contributed by atoms with Gasteiger partial charge in [-0.2, -0.15) is 0 Å². The van der Waals surface area contributed by atoms with Gasteiger partial charge in [-0.05, 0) is 72.6 Å². The lowest BCUT2D eigenvalue weighted by molar-refractivity contribution is 0.670. The molecule has 0 aliphatic rings. The molecule has 12 aromatic rings. The van der Waals surface area contributed by atoms with Crippen LogP contribution in [-0.4, -0.2) is 15.0 Å². The molecule has 0 aliphatic heterocycles. The van der Waals surface area contributed by atoms with Gasteiger partial charge in [0, 0.05) is 33.0 Å². The second-order valence-electron chi connectivity index (χ2n) is 15.9. The van der Waals surface area contributed by atoms with E-state index >= 15 is 0 Å². The summed E-state index contributed by atoms with van der Waals surface area (Å²) in [6, 6.07) is 78.7. The number of furan rings is 1. The monoisotopic (exact) mass is 803 g/mol. The third-order valence-electron chi connectivity index (χ3n) is 12.2. The van der Waals surface area contributed by atoms with Crippen molar-refractivity contribution in [1.29, 1.82) is 0 Å². The van der Waals surface area contributed by atoms with E-state index in [-0.39, 0.29) is 0 Å². The molecule has 0 saturated carbocycles. The first-order valence-electron chi connectivity index (χ1n) is 21.3. The summed E-state index contributed by atoms with van der Waals surface area (Å²) in [6.07, 6.45) is 0. The van der Waals surface area contributed by atoms with Crippen molar-refractivity contribution in [2.45, 2.75) is 0 Å².